The minimum Gasteiger partial charge on any atom is -0.495 e. The van der Waals surface area contributed by atoms with Crippen LogP contribution >= 0.6 is 0 Å². The molecule has 4 aromatic heterocycles. The van der Waals surface area contributed by atoms with Crippen molar-refractivity contribution in [2.45, 2.75) is 58.2 Å². The number of alkyl halides is 6. The van der Waals surface area contributed by atoms with E-state index in [1.807, 2.05) is 13.8 Å². The van der Waals surface area contributed by atoms with Gasteiger partial charge in [-0.25, -0.2) is 32.2 Å². The molecule has 23 nitrogen and oxygen atoms in total. The highest BCUT2D eigenvalue weighted by molar-refractivity contribution is 7.90. The predicted octanol–water partition coefficient (Wildman–Crippen LogP) is 6.28. The number of carbonyl (C=O) groups excluding carboxylic acids is 1. The summed E-state index contributed by atoms with van der Waals surface area (Å²) in [6.07, 6.45) is 4.35. The van der Waals surface area contributed by atoms with Crippen molar-refractivity contribution in [3.63, 3.8) is 0 Å². The van der Waals surface area contributed by atoms with Crippen LogP contribution in [-0.4, -0.2) is 139 Å². The molecule has 6 heterocycles. The number of fused-ring (bicyclic) bond motifs is 2. The number of nitrogens with one attached hydrogen (secondary N) is 1. The number of aromatic nitrogens is 4. The number of pyridine rings is 2. The van der Waals surface area contributed by atoms with Crippen LogP contribution in [0.15, 0.2) is 83.3 Å². The lowest BCUT2D eigenvalue weighted by atomic mass is 10.1. The third kappa shape index (κ3) is 13.1. The maximum absolute atomic E-state index is 15.0. The molecule has 8 rings (SSSR count). The molecule has 33 heteroatoms. The van der Waals surface area contributed by atoms with Crippen LogP contribution in [0.25, 0.3) is 11.3 Å². The van der Waals surface area contributed by atoms with E-state index < -0.39 is 79.7 Å². The van der Waals surface area contributed by atoms with Crippen LogP contribution in [0.1, 0.15) is 64.8 Å². The summed E-state index contributed by atoms with van der Waals surface area (Å²) in [6.45, 7) is 1.88. The second-order valence-electron chi connectivity index (χ2n) is 16.3. The fourth-order valence-corrected chi connectivity index (χ4v) is 9.45. The molecule has 2 aromatic carbocycles. The zero-order valence-electron chi connectivity index (χ0n) is 42.5. The van der Waals surface area contributed by atoms with E-state index in [0.29, 0.717) is 63.8 Å². The average Bonchev–Trinajstić information content (AvgIpc) is 3.99. The number of methoxy groups -OCH3 is 4. The number of hydrazone groups is 2. The first-order valence-electron chi connectivity index (χ1n) is 23.1. The molecule has 0 saturated heterocycles. The highest BCUT2D eigenvalue weighted by Crippen LogP contribution is 2.32. The Labute approximate surface area is 452 Å². The average molecular weight is 1180 g/mol. The minimum atomic E-state index is -5.74. The first kappa shape index (κ1) is 62.6. The highest BCUT2D eigenvalue weighted by atomic mass is 32.2. The van der Waals surface area contributed by atoms with Crippen LogP contribution in [0.5, 0.6) is 11.5 Å². The van der Waals surface area contributed by atoms with Crippen molar-refractivity contribution in [3.8, 4) is 11.5 Å². The molecule has 0 saturated carbocycles. The Morgan fingerprint density at radius 3 is 1.43 bits per heavy atom. The molecular weight excluding hydrogens is 1120 g/mol. The molecule has 1 amide bonds. The molecule has 80 heavy (non-hydrogen) atoms. The minimum absolute atomic E-state index is 0. The molecule has 2 aliphatic rings. The third-order valence-corrected chi connectivity index (χ3v) is 14.6. The van der Waals surface area contributed by atoms with E-state index >= 15 is 0 Å². The van der Waals surface area contributed by atoms with Crippen LogP contribution in [0.4, 0.5) is 46.5 Å². The van der Waals surface area contributed by atoms with E-state index in [1.165, 1.54) is 31.4 Å². The van der Waals surface area contributed by atoms with E-state index in [4.69, 9.17) is 25.1 Å². The molecule has 0 atom stereocenters. The number of amidine groups is 2. The van der Waals surface area contributed by atoms with Crippen LogP contribution in [0.3, 0.4) is 0 Å². The van der Waals surface area contributed by atoms with Gasteiger partial charge in [0.25, 0.3) is 5.91 Å². The normalized spacial score (nSPS) is 14.0. The Kier molecular flexibility index (Phi) is 19.8. The standard InChI is InChI=1S/C23H24F4N6O5S.C12H14F4N4O3S.C11H12N2O3.CH4/c1-4-17-20(31-13-15(37-2)6-8-19(31)29-17)21(34)28-12-14-5-7-18(16(24)11-14)32-9-10-33(22(30-32)38-3)39(35,36)23(25,26)27;1-23-11-18-19(10-3-2-8(7-17)6-9(10)13)4-5-20(11)24(21,22)12(14,15)16;1-3-8-10(11(14)15)13-6-7(16-2)4-5-9(13)12-8;/h5-8,11,13H,4,9-10,12H2,1-3H3,(H,28,34);2-3,6H,4-5,7,17H2,1H3;4-6H,3H2,1-2H3,(H,14,15);1H4. The number of aromatic carboxylic acids is 1. The van der Waals surface area contributed by atoms with Gasteiger partial charge in [0, 0.05) is 13.1 Å². The lowest BCUT2D eigenvalue weighted by Crippen LogP contribution is -2.51. The number of benzene rings is 2. The van der Waals surface area contributed by atoms with Crippen LogP contribution in [0, 0.1) is 11.6 Å². The van der Waals surface area contributed by atoms with Gasteiger partial charge in [-0.2, -0.15) is 43.2 Å². The van der Waals surface area contributed by atoms with Gasteiger partial charge in [0.2, 0.25) is 0 Å². The molecule has 0 aliphatic carbocycles. The van der Waals surface area contributed by atoms with Crippen molar-refractivity contribution in [2.24, 2.45) is 15.9 Å². The monoisotopic (exact) mass is 1180 g/mol. The number of sulfonamides is 2. The van der Waals surface area contributed by atoms with Crippen LogP contribution in [0.2, 0.25) is 0 Å². The summed E-state index contributed by atoms with van der Waals surface area (Å²) in [4.78, 5) is 32.9. The lowest BCUT2D eigenvalue weighted by Gasteiger charge is -2.32. The van der Waals surface area contributed by atoms with Gasteiger partial charge in [-0.05, 0) is 72.5 Å². The Hall–Kier alpha value is -8.20. The van der Waals surface area contributed by atoms with Gasteiger partial charge in [0.05, 0.1) is 89.8 Å². The molecule has 0 radical (unpaired) electrons. The number of imidazole rings is 2. The number of nitrogens with zero attached hydrogens (tertiary/aromatic N) is 10. The van der Waals surface area contributed by atoms with Gasteiger partial charge in [-0.3, -0.25) is 23.6 Å². The number of carboxylic acids is 1. The molecule has 6 aromatic rings. The fourth-order valence-electron chi connectivity index (χ4n) is 7.67. The molecule has 436 valence electrons. The number of rotatable bonds is 13. The quantitative estimate of drug-likeness (QED) is 0.107. The molecule has 2 aliphatic heterocycles. The lowest BCUT2D eigenvalue weighted by molar-refractivity contribution is -0.0482. The Balaban J connectivity index is 0.000000243. The number of ether oxygens (including phenoxy) is 4. The van der Waals surface area contributed by atoms with Crippen molar-refractivity contribution in [3.05, 3.63) is 119 Å². The maximum Gasteiger partial charge on any atom is 0.516 e. The molecule has 4 N–H and O–H groups in total. The summed E-state index contributed by atoms with van der Waals surface area (Å²) in [5.41, 5.74) is -2.05. The van der Waals surface area contributed by atoms with E-state index in [-0.39, 0.29) is 59.3 Å². The summed E-state index contributed by atoms with van der Waals surface area (Å²) in [6, 6.07) is 13.3. The summed E-state index contributed by atoms with van der Waals surface area (Å²) >= 11 is 0. The van der Waals surface area contributed by atoms with Gasteiger partial charge >= 0.3 is 49.1 Å². The first-order chi connectivity index (χ1) is 37.2. The van der Waals surface area contributed by atoms with Crippen LogP contribution in [-0.2, 0) is 55.5 Å². The van der Waals surface area contributed by atoms with Crippen molar-refractivity contribution >= 4 is 66.6 Å². The second kappa shape index (κ2) is 25.3. The summed E-state index contributed by atoms with van der Waals surface area (Å²) in [5.74, 6) is -1.75. The topological polar surface area (TPSA) is 270 Å². The van der Waals surface area contributed by atoms with E-state index in [2.05, 4.69) is 30.2 Å². The van der Waals surface area contributed by atoms with Gasteiger partial charge in [0.15, 0.2) is 5.69 Å². The van der Waals surface area contributed by atoms with Gasteiger partial charge in [-0.15, -0.1) is 10.2 Å². The number of amides is 1. The first-order valence-corrected chi connectivity index (χ1v) is 25.9. The summed E-state index contributed by atoms with van der Waals surface area (Å²) < 4.78 is 175. The zero-order valence-corrected chi connectivity index (χ0v) is 44.1. The smallest absolute Gasteiger partial charge is 0.495 e. The number of hydrogen-bond acceptors (Lipinski definition) is 17. The van der Waals surface area contributed by atoms with Gasteiger partial charge in [0.1, 0.15) is 40.1 Å². The number of nitrogens with two attached hydrogens (primary N) is 1. The van der Waals surface area contributed by atoms with Crippen molar-refractivity contribution in [1.29, 1.82) is 0 Å². The van der Waals surface area contributed by atoms with Crippen molar-refractivity contribution in [2.75, 3.05) is 64.6 Å². The number of aryl methyl sites for hydroxylation is 2. The number of carboxylic acid groups (broad SMARTS) is 1. The Bertz CT molecular complexity index is 3520. The van der Waals surface area contributed by atoms with Crippen molar-refractivity contribution in [1.82, 2.24) is 32.7 Å². The largest absolute Gasteiger partial charge is 0.516 e. The highest BCUT2D eigenvalue weighted by Gasteiger charge is 2.54. The number of halogens is 8. The Morgan fingerprint density at radius 2 is 1.05 bits per heavy atom. The summed E-state index contributed by atoms with van der Waals surface area (Å²) in [7, 11) is -6.42. The number of anilines is 2. The zero-order chi connectivity index (χ0) is 58.4. The molecule has 0 unspecified atom stereocenters. The number of hydrogen-bond donors (Lipinski definition) is 3. The van der Waals surface area contributed by atoms with Gasteiger partial charge < -0.3 is 35.1 Å². The molecule has 0 spiro atoms. The fraction of sp³-hybridized carbons (Fsp3) is 0.362. The Morgan fingerprint density at radius 1 is 0.637 bits per heavy atom. The molecule has 0 bridgehead atoms. The predicted molar refractivity (Wildman–Crippen MR) is 275 cm³/mol. The van der Waals surface area contributed by atoms with Gasteiger partial charge in [-0.1, -0.05) is 33.4 Å². The molecular formula is C47H54F8N12O11S2. The van der Waals surface area contributed by atoms with E-state index in [9.17, 15) is 61.5 Å². The van der Waals surface area contributed by atoms with E-state index in [0.717, 1.165) is 36.4 Å². The van der Waals surface area contributed by atoms with E-state index in [1.54, 1.807) is 52.6 Å². The summed E-state index contributed by atoms with van der Waals surface area (Å²) in [5, 5.41) is 21.3. The van der Waals surface area contributed by atoms with Crippen molar-refractivity contribution < 1.29 is 85.6 Å². The maximum atomic E-state index is 15.0. The third-order valence-electron chi connectivity index (χ3n) is 11.6. The SMILES string of the molecule is C.CCc1nc2ccc(OC)cn2c1C(=O)NCc1ccc(N2CCN(S(=O)(=O)C(F)(F)F)C(OC)=N2)c(F)c1.CCc1nc2ccc(OC)cn2c1C(=O)O.COC1=NN(c2ccc(CN)cc2F)CCN1S(=O)(=O)C(F)(F)F. The van der Waals surface area contributed by atoms with Crippen LogP contribution < -0.4 is 30.5 Å². The number of carbonyl (C=O) groups is 2. The molecule has 0 fully saturated rings. The second-order valence-corrected chi connectivity index (χ2v) is 20.1.